The van der Waals surface area contributed by atoms with Gasteiger partial charge in [-0.2, -0.15) is 0 Å². The van der Waals surface area contributed by atoms with Crippen LogP contribution in [0.4, 0.5) is 10.1 Å². The van der Waals surface area contributed by atoms with E-state index >= 15 is 0 Å². The molecule has 1 saturated heterocycles. The van der Waals surface area contributed by atoms with Gasteiger partial charge in [0, 0.05) is 31.3 Å². The first-order valence-corrected chi connectivity index (χ1v) is 15.6. The van der Waals surface area contributed by atoms with E-state index < -0.39 is 23.8 Å². The number of halogens is 1. The molecule has 5 rings (SSSR count). The normalized spacial score (nSPS) is 18.7. The van der Waals surface area contributed by atoms with Gasteiger partial charge in [0.05, 0.1) is 32.8 Å². The zero-order chi connectivity index (χ0) is 33.5. The number of likely N-dealkylation sites (tertiary alicyclic amines) is 1. The molecule has 3 aromatic carbocycles. The van der Waals surface area contributed by atoms with Crippen molar-refractivity contribution in [3.8, 4) is 23.0 Å². The molecule has 0 aliphatic carbocycles. The third kappa shape index (κ3) is 7.61. The predicted octanol–water partition coefficient (Wildman–Crippen LogP) is 5.17. The van der Waals surface area contributed by atoms with Gasteiger partial charge in [0.15, 0.2) is 18.3 Å². The number of carbonyl (C=O) groups is 2. The molecule has 1 unspecified atom stereocenters. The number of amides is 1. The van der Waals surface area contributed by atoms with Crippen molar-refractivity contribution in [3.05, 3.63) is 76.6 Å². The van der Waals surface area contributed by atoms with Crippen LogP contribution in [0.25, 0.3) is 0 Å². The van der Waals surface area contributed by atoms with Gasteiger partial charge in [-0.3, -0.25) is 14.5 Å². The number of benzene rings is 3. The number of anilines is 1. The van der Waals surface area contributed by atoms with Crippen molar-refractivity contribution in [1.82, 2.24) is 4.90 Å². The fourth-order valence-corrected chi connectivity index (χ4v) is 6.37. The smallest absolute Gasteiger partial charge is 0.309 e. The molecule has 2 aliphatic heterocycles. The van der Waals surface area contributed by atoms with Crippen molar-refractivity contribution in [1.29, 1.82) is 0 Å². The lowest BCUT2D eigenvalue weighted by Gasteiger charge is -2.27. The molecule has 0 bridgehead atoms. The molecule has 1 amide bonds. The number of rotatable bonds is 15. The van der Waals surface area contributed by atoms with E-state index in [0.29, 0.717) is 77.0 Å². The van der Waals surface area contributed by atoms with E-state index in [1.165, 1.54) is 19.2 Å². The summed E-state index contributed by atoms with van der Waals surface area (Å²) >= 11 is 0. The third-order valence-corrected chi connectivity index (χ3v) is 8.59. The summed E-state index contributed by atoms with van der Waals surface area (Å²) in [5.41, 5.74) is 3.39. The number of nitrogens with zero attached hydrogens (tertiary/aromatic N) is 1. The Labute approximate surface area is 273 Å². The molecule has 0 saturated carbocycles. The monoisotopic (exact) mass is 652 g/mol. The standard InChI is InChI=1S/C35H41FN2O9/c1-5-21-13-25(36)14-22(6-2)32(21)37-30(39)18-38-17-27(24-15-28(43-4)34-29(16-24)46-20-47-34)31(35(40)41)33(38)23-7-9-26(10-8-23)45-19-44-12-11-42-3/h7-10,13-16,27,31,33H,5-6,11-12,17-20H2,1-4H3,(H,37,39)(H,40,41)/t27-,31?,33+/m1/s1. The highest BCUT2D eigenvalue weighted by Gasteiger charge is 2.48. The Bertz CT molecular complexity index is 1540. The Morgan fingerprint density at radius 1 is 1.00 bits per heavy atom. The molecule has 0 radical (unpaired) electrons. The molecule has 3 aromatic rings. The zero-order valence-electron chi connectivity index (χ0n) is 27.0. The Morgan fingerprint density at radius 3 is 2.36 bits per heavy atom. The number of carbonyl (C=O) groups excluding carboxylic acids is 1. The molecule has 12 heteroatoms. The number of ether oxygens (including phenoxy) is 6. The van der Waals surface area contributed by atoms with E-state index in [0.717, 1.165) is 0 Å². The third-order valence-electron chi connectivity index (χ3n) is 8.59. The molecule has 252 valence electrons. The minimum Gasteiger partial charge on any atom is -0.493 e. The number of aryl methyl sites for hydroxylation is 2. The maximum Gasteiger partial charge on any atom is 0.309 e. The van der Waals surface area contributed by atoms with Crippen LogP contribution in [0.5, 0.6) is 23.0 Å². The molecule has 2 aliphatic rings. The Kier molecular flexibility index (Phi) is 11.2. The molecule has 2 N–H and O–H groups in total. The van der Waals surface area contributed by atoms with Crippen molar-refractivity contribution in [3.63, 3.8) is 0 Å². The van der Waals surface area contributed by atoms with Gasteiger partial charge >= 0.3 is 5.97 Å². The maximum atomic E-state index is 14.3. The Hall–Kier alpha value is -4.39. The molecule has 3 atom stereocenters. The summed E-state index contributed by atoms with van der Waals surface area (Å²) in [5.74, 6) is -1.21. The average molecular weight is 653 g/mol. The topological polar surface area (TPSA) is 125 Å². The van der Waals surface area contributed by atoms with E-state index in [9.17, 15) is 19.1 Å². The lowest BCUT2D eigenvalue weighted by Crippen LogP contribution is -2.35. The Balaban J connectivity index is 1.46. The number of fused-ring (bicyclic) bond motifs is 1. The summed E-state index contributed by atoms with van der Waals surface area (Å²) in [6.45, 7) is 4.87. The highest BCUT2D eigenvalue weighted by atomic mass is 19.1. The van der Waals surface area contributed by atoms with Crippen LogP contribution in [0.2, 0.25) is 0 Å². The summed E-state index contributed by atoms with van der Waals surface area (Å²) in [4.78, 5) is 28.6. The number of carboxylic acid groups (broad SMARTS) is 1. The van der Waals surface area contributed by atoms with Gasteiger partial charge in [0.2, 0.25) is 18.4 Å². The van der Waals surface area contributed by atoms with E-state index in [4.69, 9.17) is 28.4 Å². The van der Waals surface area contributed by atoms with E-state index in [-0.39, 0.29) is 38.4 Å². The van der Waals surface area contributed by atoms with Crippen molar-refractivity contribution in [2.45, 2.75) is 38.6 Å². The SMILES string of the molecule is CCc1cc(F)cc(CC)c1NC(=O)CN1C[C@H](c2cc(OC)c3c(c2)OCO3)C(C(=O)O)[C@@H]1c1ccc(OCOCCOC)cc1. The largest absolute Gasteiger partial charge is 0.493 e. The highest BCUT2D eigenvalue weighted by molar-refractivity contribution is 5.94. The summed E-state index contributed by atoms with van der Waals surface area (Å²) in [7, 11) is 3.10. The van der Waals surface area contributed by atoms with Gasteiger partial charge in [0.1, 0.15) is 11.6 Å². The molecule has 0 aromatic heterocycles. The number of aliphatic carboxylic acids is 1. The Morgan fingerprint density at radius 2 is 1.72 bits per heavy atom. The van der Waals surface area contributed by atoms with Crippen LogP contribution < -0.4 is 24.3 Å². The molecular formula is C35H41FN2O9. The van der Waals surface area contributed by atoms with E-state index in [1.807, 2.05) is 30.9 Å². The van der Waals surface area contributed by atoms with Crippen LogP contribution in [0.3, 0.4) is 0 Å². The van der Waals surface area contributed by atoms with Crippen molar-refractivity contribution < 1.29 is 47.5 Å². The fourth-order valence-electron chi connectivity index (χ4n) is 6.37. The second-order valence-electron chi connectivity index (χ2n) is 11.4. The van der Waals surface area contributed by atoms with E-state index in [1.54, 1.807) is 31.4 Å². The lowest BCUT2D eigenvalue weighted by molar-refractivity contribution is -0.143. The van der Waals surface area contributed by atoms with Gasteiger partial charge in [-0.25, -0.2) is 4.39 Å². The van der Waals surface area contributed by atoms with Gasteiger partial charge in [-0.1, -0.05) is 26.0 Å². The molecular weight excluding hydrogens is 611 g/mol. The van der Waals surface area contributed by atoms with Crippen LogP contribution in [0.15, 0.2) is 48.5 Å². The molecule has 2 heterocycles. The second kappa shape index (κ2) is 15.5. The first kappa shape index (κ1) is 34.0. The van der Waals surface area contributed by atoms with Crippen LogP contribution >= 0.6 is 0 Å². The minimum absolute atomic E-state index is 0.0335. The maximum absolute atomic E-state index is 14.3. The first-order chi connectivity index (χ1) is 22.8. The van der Waals surface area contributed by atoms with Crippen LogP contribution in [0.1, 0.15) is 48.1 Å². The van der Waals surface area contributed by atoms with Crippen LogP contribution in [0, 0.1) is 11.7 Å². The number of carboxylic acids is 1. The van der Waals surface area contributed by atoms with Gasteiger partial charge in [-0.15, -0.1) is 0 Å². The fraction of sp³-hybridized carbons (Fsp3) is 0.429. The van der Waals surface area contributed by atoms with Gasteiger partial charge in [-0.05, 0) is 71.5 Å². The summed E-state index contributed by atoms with van der Waals surface area (Å²) in [6.07, 6.45) is 1.07. The number of methoxy groups -OCH3 is 2. The van der Waals surface area contributed by atoms with Crippen LogP contribution in [-0.2, 0) is 31.9 Å². The first-order valence-electron chi connectivity index (χ1n) is 15.6. The average Bonchev–Trinajstić information content (AvgIpc) is 3.70. The van der Waals surface area contributed by atoms with Crippen molar-refractivity contribution >= 4 is 17.6 Å². The lowest BCUT2D eigenvalue weighted by atomic mass is 9.82. The molecule has 1 fully saturated rings. The van der Waals surface area contributed by atoms with Gasteiger partial charge < -0.3 is 38.8 Å². The molecule has 11 nitrogen and oxygen atoms in total. The van der Waals surface area contributed by atoms with E-state index in [2.05, 4.69) is 5.32 Å². The quantitative estimate of drug-likeness (QED) is 0.168. The summed E-state index contributed by atoms with van der Waals surface area (Å²) in [5, 5.41) is 13.7. The molecule has 0 spiro atoms. The highest BCUT2D eigenvalue weighted by Crippen LogP contribution is 2.50. The second-order valence-corrected chi connectivity index (χ2v) is 11.4. The predicted molar refractivity (Wildman–Crippen MR) is 171 cm³/mol. The van der Waals surface area contributed by atoms with Crippen molar-refractivity contribution in [2.75, 3.05) is 59.4 Å². The number of nitrogens with one attached hydrogen (secondary N) is 1. The van der Waals surface area contributed by atoms with Crippen LogP contribution in [-0.4, -0.2) is 76.0 Å². The van der Waals surface area contributed by atoms with Crippen molar-refractivity contribution in [2.24, 2.45) is 5.92 Å². The minimum atomic E-state index is -1.01. The van der Waals surface area contributed by atoms with Gasteiger partial charge in [0.25, 0.3) is 0 Å². The number of hydrogen-bond acceptors (Lipinski definition) is 9. The summed E-state index contributed by atoms with van der Waals surface area (Å²) in [6, 6.07) is 12.9. The number of hydrogen-bond donors (Lipinski definition) is 2. The molecule has 47 heavy (non-hydrogen) atoms. The summed E-state index contributed by atoms with van der Waals surface area (Å²) < 4.78 is 47.1. The zero-order valence-corrected chi connectivity index (χ0v) is 27.0.